The lowest BCUT2D eigenvalue weighted by atomic mass is 9.89. The molecule has 24 heavy (non-hydrogen) atoms. The highest BCUT2D eigenvalue weighted by Crippen LogP contribution is 2.29. The van der Waals surface area contributed by atoms with Gasteiger partial charge in [0.05, 0.1) is 11.2 Å². The lowest BCUT2D eigenvalue weighted by Gasteiger charge is -2.33. The molecule has 0 radical (unpaired) electrons. The van der Waals surface area contributed by atoms with Crippen LogP contribution >= 0.6 is 0 Å². The van der Waals surface area contributed by atoms with Crippen molar-refractivity contribution in [3.05, 3.63) is 53.3 Å². The van der Waals surface area contributed by atoms with Gasteiger partial charge in [-0.15, -0.1) is 0 Å². The lowest BCUT2D eigenvalue weighted by Crippen LogP contribution is -2.40. The number of carbonyl (C=O) groups excluding carboxylic acids is 1. The standard InChI is InChI=1S/C20H27N3O/c1-15-14-18(23(21-15)20(2,3)4)19(24)22-12-10-17(11-13-22)16-8-6-5-7-9-16/h5-9,14,17H,10-13H2,1-4H3. The van der Waals surface area contributed by atoms with Crippen molar-refractivity contribution in [3.8, 4) is 0 Å². The Kier molecular flexibility index (Phi) is 4.48. The molecule has 0 saturated carbocycles. The maximum absolute atomic E-state index is 13.0. The molecule has 0 aliphatic carbocycles. The molecule has 4 heteroatoms. The van der Waals surface area contributed by atoms with Gasteiger partial charge >= 0.3 is 0 Å². The zero-order valence-electron chi connectivity index (χ0n) is 15.1. The summed E-state index contributed by atoms with van der Waals surface area (Å²) < 4.78 is 1.87. The van der Waals surface area contributed by atoms with Gasteiger partial charge in [-0.3, -0.25) is 9.48 Å². The number of nitrogens with zero attached hydrogens (tertiary/aromatic N) is 3. The number of piperidine rings is 1. The number of carbonyl (C=O) groups is 1. The van der Waals surface area contributed by atoms with Crippen molar-refractivity contribution >= 4 is 5.91 Å². The van der Waals surface area contributed by atoms with Crippen LogP contribution in [0.3, 0.4) is 0 Å². The topological polar surface area (TPSA) is 38.1 Å². The van der Waals surface area contributed by atoms with Crippen LogP contribution < -0.4 is 0 Å². The molecule has 1 aromatic carbocycles. The third-order valence-electron chi connectivity index (χ3n) is 4.74. The van der Waals surface area contributed by atoms with Gasteiger partial charge in [0.1, 0.15) is 5.69 Å². The van der Waals surface area contributed by atoms with Gasteiger partial charge < -0.3 is 4.90 Å². The summed E-state index contributed by atoms with van der Waals surface area (Å²) in [4.78, 5) is 15.0. The van der Waals surface area contributed by atoms with E-state index in [1.807, 2.05) is 22.6 Å². The van der Waals surface area contributed by atoms with E-state index in [1.54, 1.807) is 0 Å². The van der Waals surface area contributed by atoms with Crippen molar-refractivity contribution in [1.82, 2.24) is 14.7 Å². The Bertz CT molecular complexity index is 704. The molecule has 0 spiro atoms. The third kappa shape index (κ3) is 3.37. The smallest absolute Gasteiger partial charge is 0.272 e. The van der Waals surface area contributed by atoms with Gasteiger partial charge in [0.2, 0.25) is 0 Å². The molecular formula is C20H27N3O. The summed E-state index contributed by atoms with van der Waals surface area (Å²) in [7, 11) is 0. The fraction of sp³-hybridized carbons (Fsp3) is 0.500. The molecular weight excluding hydrogens is 298 g/mol. The molecule has 1 saturated heterocycles. The van der Waals surface area contributed by atoms with E-state index >= 15 is 0 Å². The molecule has 0 atom stereocenters. The van der Waals surface area contributed by atoms with E-state index in [0.717, 1.165) is 31.6 Å². The first kappa shape index (κ1) is 16.7. The fourth-order valence-electron chi connectivity index (χ4n) is 3.47. The van der Waals surface area contributed by atoms with Crippen molar-refractivity contribution in [2.75, 3.05) is 13.1 Å². The number of hydrogen-bond donors (Lipinski definition) is 0. The van der Waals surface area contributed by atoms with Crippen molar-refractivity contribution in [1.29, 1.82) is 0 Å². The molecule has 1 amide bonds. The molecule has 0 bridgehead atoms. The summed E-state index contributed by atoms with van der Waals surface area (Å²) in [6, 6.07) is 12.5. The fourth-order valence-corrected chi connectivity index (χ4v) is 3.47. The first-order valence-electron chi connectivity index (χ1n) is 8.77. The largest absolute Gasteiger partial charge is 0.337 e. The number of rotatable bonds is 2. The Labute approximate surface area is 144 Å². The van der Waals surface area contributed by atoms with Gasteiger partial charge in [-0.1, -0.05) is 30.3 Å². The molecule has 1 aliphatic heterocycles. The predicted octanol–water partition coefficient (Wildman–Crippen LogP) is 3.97. The average molecular weight is 325 g/mol. The average Bonchev–Trinajstić information content (AvgIpc) is 2.97. The second-order valence-corrected chi connectivity index (χ2v) is 7.73. The Morgan fingerprint density at radius 3 is 2.33 bits per heavy atom. The van der Waals surface area contributed by atoms with E-state index in [2.05, 4.69) is 56.2 Å². The zero-order chi connectivity index (χ0) is 17.3. The summed E-state index contributed by atoms with van der Waals surface area (Å²) in [6.07, 6.45) is 2.05. The molecule has 0 N–H and O–H groups in total. The van der Waals surface area contributed by atoms with E-state index in [0.29, 0.717) is 11.6 Å². The molecule has 4 nitrogen and oxygen atoms in total. The van der Waals surface area contributed by atoms with Crippen molar-refractivity contribution < 1.29 is 4.79 Å². The first-order valence-corrected chi connectivity index (χ1v) is 8.77. The highest BCUT2D eigenvalue weighted by Gasteiger charge is 2.29. The van der Waals surface area contributed by atoms with Crippen LogP contribution in [-0.2, 0) is 5.54 Å². The van der Waals surface area contributed by atoms with Crippen molar-refractivity contribution in [3.63, 3.8) is 0 Å². The number of aryl methyl sites for hydroxylation is 1. The van der Waals surface area contributed by atoms with Gasteiger partial charge in [-0.05, 0) is 58.1 Å². The van der Waals surface area contributed by atoms with Crippen LogP contribution in [0.2, 0.25) is 0 Å². The summed E-state index contributed by atoms with van der Waals surface area (Å²) in [5.74, 6) is 0.668. The van der Waals surface area contributed by atoms with E-state index in [1.165, 1.54) is 5.56 Å². The molecule has 0 unspecified atom stereocenters. The lowest BCUT2D eigenvalue weighted by molar-refractivity contribution is 0.0692. The summed E-state index contributed by atoms with van der Waals surface area (Å²) in [5.41, 5.74) is 2.80. The van der Waals surface area contributed by atoms with Crippen LogP contribution in [-0.4, -0.2) is 33.7 Å². The Hall–Kier alpha value is -2.10. The van der Waals surface area contributed by atoms with Gasteiger partial charge in [-0.2, -0.15) is 5.10 Å². The highest BCUT2D eigenvalue weighted by atomic mass is 16.2. The normalized spacial score (nSPS) is 16.4. The molecule has 2 heterocycles. The third-order valence-corrected chi connectivity index (χ3v) is 4.74. The minimum absolute atomic E-state index is 0.108. The van der Waals surface area contributed by atoms with E-state index in [-0.39, 0.29) is 11.4 Å². The van der Waals surface area contributed by atoms with Crippen LogP contribution in [0.4, 0.5) is 0 Å². The van der Waals surface area contributed by atoms with Crippen LogP contribution in [0.5, 0.6) is 0 Å². The van der Waals surface area contributed by atoms with Gasteiger partial charge in [-0.25, -0.2) is 0 Å². The Morgan fingerprint density at radius 2 is 1.75 bits per heavy atom. The second-order valence-electron chi connectivity index (χ2n) is 7.73. The van der Waals surface area contributed by atoms with E-state index in [9.17, 15) is 4.79 Å². The van der Waals surface area contributed by atoms with Crippen LogP contribution in [0.25, 0.3) is 0 Å². The van der Waals surface area contributed by atoms with Crippen LogP contribution in [0.15, 0.2) is 36.4 Å². The Balaban J connectivity index is 1.72. The van der Waals surface area contributed by atoms with Gasteiger partial charge in [0.15, 0.2) is 0 Å². The zero-order valence-corrected chi connectivity index (χ0v) is 15.1. The second kappa shape index (κ2) is 6.42. The van der Waals surface area contributed by atoms with Gasteiger partial charge in [0, 0.05) is 13.1 Å². The van der Waals surface area contributed by atoms with Crippen molar-refractivity contribution in [2.24, 2.45) is 0 Å². The minimum atomic E-state index is -0.193. The van der Waals surface area contributed by atoms with Crippen LogP contribution in [0, 0.1) is 6.92 Å². The maximum atomic E-state index is 13.0. The summed E-state index contributed by atoms with van der Waals surface area (Å²) in [6.45, 7) is 9.81. The Morgan fingerprint density at radius 1 is 1.12 bits per heavy atom. The molecule has 128 valence electrons. The quantitative estimate of drug-likeness (QED) is 0.838. The van der Waals surface area contributed by atoms with Crippen LogP contribution in [0.1, 0.15) is 61.3 Å². The summed E-state index contributed by atoms with van der Waals surface area (Å²) in [5, 5.41) is 4.53. The van der Waals surface area contributed by atoms with E-state index < -0.39 is 0 Å². The van der Waals surface area contributed by atoms with Gasteiger partial charge in [0.25, 0.3) is 5.91 Å². The number of likely N-dealkylation sites (tertiary alicyclic amines) is 1. The number of hydrogen-bond acceptors (Lipinski definition) is 2. The predicted molar refractivity (Wildman–Crippen MR) is 96.3 cm³/mol. The highest BCUT2D eigenvalue weighted by molar-refractivity contribution is 5.93. The molecule has 1 aromatic heterocycles. The molecule has 2 aromatic rings. The van der Waals surface area contributed by atoms with Crippen molar-refractivity contribution in [2.45, 2.75) is 52.0 Å². The summed E-state index contributed by atoms with van der Waals surface area (Å²) >= 11 is 0. The molecule has 1 fully saturated rings. The molecule has 1 aliphatic rings. The molecule has 3 rings (SSSR count). The SMILES string of the molecule is Cc1cc(C(=O)N2CCC(c3ccccc3)CC2)n(C(C)(C)C)n1. The number of amides is 1. The first-order chi connectivity index (χ1) is 11.4. The maximum Gasteiger partial charge on any atom is 0.272 e. The number of aromatic nitrogens is 2. The van der Waals surface area contributed by atoms with E-state index in [4.69, 9.17) is 0 Å². The number of benzene rings is 1. The monoisotopic (exact) mass is 325 g/mol. The minimum Gasteiger partial charge on any atom is -0.337 e.